The van der Waals surface area contributed by atoms with Crippen LogP contribution in [0.15, 0.2) is 0 Å². The zero-order valence-corrected chi connectivity index (χ0v) is 15.7. The maximum absolute atomic E-state index is 10.1. The summed E-state index contributed by atoms with van der Waals surface area (Å²) in [4.78, 5) is 10.1. The van der Waals surface area contributed by atoms with E-state index in [4.69, 9.17) is 25.7 Å². The van der Waals surface area contributed by atoms with Crippen LogP contribution in [0.3, 0.4) is 0 Å². The van der Waals surface area contributed by atoms with E-state index in [1.54, 1.807) is 13.8 Å². The quantitative estimate of drug-likeness (QED) is 0.264. The molecular weight excluding hydrogens is 364 g/mol. The molecule has 10 nitrogen and oxygen atoms in total. The molecule has 0 saturated carbocycles. The third-order valence-corrected chi connectivity index (χ3v) is 4.06. The molecule has 0 aliphatic heterocycles. The number of aliphatic carboxylic acids is 1. The second kappa shape index (κ2) is 15.7. The summed E-state index contributed by atoms with van der Waals surface area (Å²) in [6.07, 6.45) is 3.11. The zero-order valence-electron chi connectivity index (χ0n) is 14.1. The molecule has 0 aromatic rings. The molecule has 0 heterocycles. The van der Waals surface area contributed by atoms with Gasteiger partial charge >= 0.3 is 5.97 Å². The minimum Gasteiger partial charge on any atom is -0.480 e. The van der Waals surface area contributed by atoms with Crippen molar-refractivity contribution in [3.63, 3.8) is 0 Å². The number of nitrogens with two attached hydrogens (primary N) is 2. The van der Waals surface area contributed by atoms with Crippen LogP contribution in [-0.4, -0.2) is 61.1 Å². The van der Waals surface area contributed by atoms with Crippen LogP contribution < -0.4 is 11.5 Å². The SMILES string of the molecule is CCCS(=O)(=O)O.CCCS(=O)(=O)O.NCCCC[C@H](N)C(=O)O. The van der Waals surface area contributed by atoms with Gasteiger partial charge in [0.05, 0.1) is 11.5 Å². The van der Waals surface area contributed by atoms with Crippen LogP contribution in [-0.2, 0) is 25.0 Å². The molecule has 0 fully saturated rings. The van der Waals surface area contributed by atoms with Gasteiger partial charge in [0.15, 0.2) is 0 Å². The molecule has 7 N–H and O–H groups in total. The van der Waals surface area contributed by atoms with Crippen LogP contribution in [0.2, 0.25) is 0 Å². The van der Waals surface area contributed by atoms with Crippen molar-refractivity contribution in [1.29, 1.82) is 0 Å². The molecule has 0 bridgehead atoms. The van der Waals surface area contributed by atoms with Gasteiger partial charge in [0, 0.05) is 0 Å². The molecule has 24 heavy (non-hydrogen) atoms. The van der Waals surface area contributed by atoms with Crippen LogP contribution in [0.25, 0.3) is 0 Å². The number of carboxylic acids is 1. The average Bonchev–Trinajstić information content (AvgIpc) is 2.37. The van der Waals surface area contributed by atoms with Crippen LogP contribution >= 0.6 is 0 Å². The Kier molecular flexibility index (Phi) is 18.4. The summed E-state index contributed by atoms with van der Waals surface area (Å²) in [7, 11) is -7.35. The van der Waals surface area contributed by atoms with Crippen molar-refractivity contribution >= 4 is 26.2 Å². The maximum Gasteiger partial charge on any atom is 0.320 e. The lowest BCUT2D eigenvalue weighted by atomic mass is 10.1. The fraction of sp³-hybridized carbons (Fsp3) is 0.917. The summed E-state index contributed by atoms with van der Waals surface area (Å²) in [5.41, 5.74) is 10.4. The first-order valence-corrected chi connectivity index (χ1v) is 10.6. The molecule has 0 aromatic carbocycles. The van der Waals surface area contributed by atoms with Crippen molar-refractivity contribution in [1.82, 2.24) is 0 Å². The highest BCUT2D eigenvalue weighted by molar-refractivity contribution is 7.86. The number of carbonyl (C=O) groups is 1. The Hall–Kier alpha value is -0.790. The van der Waals surface area contributed by atoms with Crippen LogP contribution in [0.4, 0.5) is 0 Å². The Morgan fingerprint density at radius 3 is 1.50 bits per heavy atom. The van der Waals surface area contributed by atoms with Gasteiger partial charge in [-0.05, 0) is 32.2 Å². The van der Waals surface area contributed by atoms with E-state index in [1.165, 1.54) is 0 Å². The third kappa shape index (κ3) is 33.0. The predicted octanol–water partition coefficient (Wildman–Crippen LogP) is 0.0957. The molecular formula is C12H30N2O8S2. The smallest absolute Gasteiger partial charge is 0.320 e. The van der Waals surface area contributed by atoms with Gasteiger partial charge < -0.3 is 16.6 Å². The number of carboxylic acid groups (broad SMARTS) is 1. The normalized spacial score (nSPS) is 12.2. The Labute approximate surface area is 144 Å². The molecule has 0 rings (SSSR count). The van der Waals surface area contributed by atoms with Gasteiger partial charge in [-0.3, -0.25) is 13.9 Å². The maximum atomic E-state index is 10.1. The van der Waals surface area contributed by atoms with Crippen molar-refractivity contribution in [3.05, 3.63) is 0 Å². The second-order valence-electron chi connectivity index (χ2n) is 4.80. The molecule has 1 atom stereocenters. The molecule has 0 amide bonds. The lowest BCUT2D eigenvalue weighted by Gasteiger charge is -2.03. The summed E-state index contributed by atoms with van der Waals surface area (Å²) in [6, 6.07) is -0.716. The van der Waals surface area contributed by atoms with E-state index in [-0.39, 0.29) is 11.5 Å². The molecule has 0 radical (unpaired) electrons. The largest absolute Gasteiger partial charge is 0.480 e. The van der Waals surface area contributed by atoms with Crippen molar-refractivity contribution in [2.75, 3.05) is 18.1 Å². The Morgan fingerprint density at radius 1 is 0.958 bits per heavy atom. The molecule has 0 saturated heterocycles. The Morgan fingerprint density at radius 2 is 1.33 bits per heavy atom. The van der Waals surface area contributed by atoms with Crippen molar-refractivity contribution < 1.29 is 35.8 Å². The fourth-order valence-corrected chi connectivity index (χ4v) is 2.18. The zero-order chi connectivity index (χ0) is 19.8. The van der Waals surface area contributed by atoms with Crippen molar-refractivity contribution in [2.24, 2.45) is 11.5 Å². The standard InChI is InChI=1S/C6H14N2O2.2C3H8O3S/c7-4-2-1-3-5(8)6(9)10;2*1-2-3-7(4,5)6/h5H,1-4,7-8H2,(H,9,10);2*2-3H2,1H3,(H,4,5,6)/t5-;;/m0../s1. The lowest BCUT2D eigenvalue weighted by Crippen LogP contribution is -2.29. The second-order valence-corrected chi connectivity index (χ2v) is 7.95. The molecule has 12 heteroatoms. The fourth-order valence-electron chi connectivity index (χ4n) is 1.15. The summed E-state index contributed by atoms with van der Waals surface area (Å²) in [5.74, 6) is -1.20. The van der Waals surface area contributed by atoms with Gasteiger partial charge in [-0.2, -0.15) is 16.8 Å². The number of hydrogen-bond acceptors (Lipinski definition) is 7. The first-order chi connectivity index (χ1) is 10.8. The van der Waals surface area contributed by atoms with E-state index in [1.807, 2.05) is 0 Å². The van der Waals surface area contributed by atoms with E-state index in [0.717, 1.165) is 12.8 Å². The number of hydrogen-bond donors (Lipinski definition) is 5. The topological polar surface area (TPSA) is 198 Å². The first kappa shape index (κ1) is 28.0. The van der Waals surface area contributed by atoms with Crippen molar-refractivity contribution in [3.8, 4) is 0 Å². The Balaban J connectivity index is -0.000000283. The summed E-state index contributed by atoms with van der Waals surface area (Å²) in [6.45, 7) is 3.98. The Bertz CT molecular complexity index is 471. The van der Waals surface area contributed by atoms with Gasteiger partial charge in [-0.1, -0.05) is 20.3 Å². The molecule has 0 aliphatic rings. The molecule has 0 spiro atoms. The monoisotopic (exact) mass is 394 g/mol. The van der Waals surface area contributed by atoms with Crippen LogP contribution in [0, 0.1) is 0 Å². The molecule has 148 valence electrons. The van der Waals surface area contributed by atoms with Crippen LogP contribution in [0.1, 0.15) is 46.0 Å². The molecule has 0 aromatic heterocycles. The van der Waals surface area contributed by atoms with Crippen molar-refractivity contribution in [2.45, 2.75) is 52.0 Å². The first-order valence-electron chi connectivity index (χ1n) is 7.39. The summed E-state index contributed by atoms with van der Waals surface area (Å²) in [5, 5.41) is 8.33. The van der Waals surface area contributed by atoms with Gasteiger partial charge in [0.25, 0.3) is 20.2 Å². The van der Waals surface area contributed by atoms with E-state index >= 15 is 0 Å². The van der Waals surface area contributed by atoms with Gasteiger partial charge in [0.2, 0.25) is 0 Å². The van der Waals surface area contributed by atoms with E-state index in [9.17, 15) is 21.6 Å². The van der Waals surface area contributed by atoms with Crippen LogP contribution in [0.5, 0.6) is 0 Å². The van der Waals surface area contributed by atoms with E-state index < -0.39 is 32.2 Å². The lowest BCUT2D eigenvalue weighted by molar-refractivity contribution is -0.138. The minimum atomic E-state index is -3.67. The molecule has 0 unspecified atom stereocenters. The van der Waals surface area contributed by atoms with E-state index in [0.29, 0.717) is 25.8 Å². The highest BCUT2D eigenvalue weighted by Crippen LogP contribution is 1.97. The highest BCUT2D eigenvalue weighted by atomic mass is 32.2. The van der Waals surface area contributed by atoms with Gasteiger partial charge in [-0.15, -0.1) is 0 Å². The van der Waals surface area contributed by atoms with E-state index in [2.05, 4.69) is 0 Å². The highest BCUT2D eigenvalue weighted by Gasteiger charge is 2.09. The van der Waals surface area contributed by atoms with Gasteiger partial charge in [-0.25, -0.2) is 0 Å². The number of unbranched alkanes of at least 4 members (excludes halogenated alkanes) is 1. The summed E-state index contributed by atoms with van der Waals surface area (Å²) >= 11 is 0. The third-order valence-electron chi connectivity index (χ3n) is 2.21. The van der Waals surface area contributed by atoms with Gasteiger partial charge in [0.1, 0.15) is 6.04 Å². The number of rotatable bonds is 9. The molecule has 0 aliphatic carbocycles. The predicted molar refractivity (Wildman–Crippen MR) is 91.9 cm³/mol. The summed E-state index contributed by atoms with van der Waals surface area (Å²) < 4.78 is 55.1. The minimum absolute atomic E-state index is 0.132. The average molecular weight is 395 g/mol.